The van der Waals surface area contributed by atoms with E-state index < -0.39 is 6.10 Å². The fraction of sp³-hybridized carbons (Fsp3) is 0.845. The van der Waals surface area contributed by atoms with E-state index in [1.807, 2.05) is 0 Å². The molecule has 0 N–H and O–H groups in total. The number of esters is 3. The first-order valence-electron chi connectivity index (χ1n) is 28.0. The van der Waals surface area contributed by atoms with Crippen LogP contribution in [-0.4, -0.2) is 37.2 Å². The first kappa shape index (κ1) is 61.6. The van der Waals surface area contributed by atoms with Crippen LogP contribution in [0.2, 0.25) is 0 Å². The summed E-state index contributed by atoms with van der Waals surface area (Å²) >= 11 is 0. The van der Waals surface area contributed by atoms with Crippen LogP contribution in [0.25, 0.3) is 0 Å². The lowest BCUT2D eigenvalue weighted by molar-refractivity contribution is -0.167. The molecule has 0 rings (SSSR count). The molecule has 0 heterocycles. The molecule has 0 aliphatic carbocycles. The molecular formula is C58H106O6. The van der Waals surface area contributed by atoms with E-state index in [0.717, 1.165) is 77.0 Å². The Labute approximate surface area is 397 Å². The van der Waals surface area contributed by atoms with E-state index in [4.69, 9.17) is 14.2 Å². The number of carbonyl (C=O) groups is 3. The number of carbonyl (C=O) groups excluding carboxylic acids is 3. The zero-order valence-electron chi connectivity index (χ0n) is 42.8. The van der Waals surface area contributed by atoms with Crippen LogP contribution in [0.5, 0.6) is 0 Å². The van der Waals surface area contributed by atoms with Gasteiger partial charge in [-0.15, -0.1) is 0 Å². The second kappa shape index (κ2) is 53.2. The van der Waals surface area contributed by atoms with Gasteiger partial charge in [-0.3, -0.25) is 14.4 Å². The first-order valence-corrected chi connectivity index (χ1v) is 28.0. The molecule has 0 aromatic carbocycles. The van der Waals surface area contributed by atoms with Gasteiger partial charge in [-0.2, -0.15) is 0 Å². The third-order valence-corrected chi connectivity index (χ3v) is 12.4. The molecule has 6 heteroatoms. The maximum Gasteiger partial charge on any atom is 0.306 e. The van der Waals surface area contributed by atoms with Crippen LogP contribution in [-0.2, 0) is 28.6 Å². The molecule has 0 radical (unpaired) electrons. The van der Waals surface area contributed by atoms with Gasteiger partial charge in [-0.1, -0.05) is 263 Å². The second-order valence-corrected chi connectivity index (χ2v) is 18.8. The fourth-order valence-electron chi connectivity index (χ4n) is 8.22. The van der Waals surface area contributed by atoms with Crippen molar-refractivity contribution < 1.29 is 28.6 Å². The van der Waals surface area contributed by atoms with E-state index in [1.165, 1.54) is 180 Å². The average molecular weight is 899 g/mol. The monoisotopic (exact) mass is 899 g/mol. The Morgan fingerprint density at radius 2 is 0.609 bits per heavy atom. The summed E-state index contributed by atoms with van der Waals surface area (Å²) in [4.78, 5) is 38.0. The van der Waals surface area contributed by atoms with Gasteiger partial charge in [-0.25, -0.2) is 0 Å². The third kappa shape index (κ3) is 50.6. The van der Waals surface area contributed by atoms with E-state index in [9.17, 15) is 14.4 Å². The molecule has 0 aliphatic rings. The highest BCUT2D eigenvalue weighted by Crippen LogP contribution is 2.17. The van der Waals surface area contributed by atoms with E-state index >= 15 is 0 Å². The van der Waals surface area contributed by atoms with Crippen LogP contribution in [0.3, 0.4) is 0 Å². The molecule has 0 aromatic rings. The van der Waals surface area contributed by atoms with Crippen LogP contribution in [0, 0.1) is 0 Å². The highest BCUT2D eigenvalue weighted by molar-refractivity contribution is 5.71. The highest BCUT2D eigenvalue weighted by atomic mass is 16.6. The summed E-state index contributed by atoms with van der Waals surface area (Å²) < 4.78 is 16.8. The van der Waals surface area contributed by atoms with Crippen molar-refractivity contribution in [1.29, 1.82) is 0 Å². The zero-order chi connectivity index (χ0) is 46.5. The van der Waals surface area contributed by atoms with Crippen molar-refractivity contribution in [3.63, 3.8) is 0 Å². The van der Waals surface area contributed by atoms with Crippen LogP contribution in [0.4, 0.5) is 0 Å². The van der Waals surface area contributed by atoms with Crippen molar-refractivity contribution in [1.82, 2.24) is 0 Å². The predicted octanol–water partition coefficient (Wildman–Crippen LogP) is 18.5. The van der Waals surface area contributed by atoms with Gasteiger partial charge in [0.25, 0.3) is 0 Å². The van der Waals surface area contributed by atoms with Crippen molar-refractivity contribution >= 4 is 17.9 Å². The van der Waals surface area contributed by atoms with Gasteiger partial charge in [0.05, 0.1) is 0 Å². The Morgan fingerprint density at radius 1 is 0.328 bits per heavy atom. The summed E-state index contributed by atoms with van der Waals surface area (Å²) in [5.41, 5.74) is 0. The summed E-state index contributed by atoms with van der Waals surface area (Å²) in [6.45, 7) is 6.53. The summed E-state index contributed by atoms with van der Waals surface area (Å²) in [5.74, 6) is -0.903. The van der Waals surface area contributed by atoms with E-state index in [-0.39, 0.29) is 31.1 Å². The SMILES string of the molecule is CC/C=C\C/C=C\C/C=C\CCCCC(=O)OCC(COC(=O)CCCCCCCCCCCCCCCCCCC)OC(=O)CCCCCCCCCCCCCCCCCCC. The molecular weight excluding hydrogens is 793 g/mol. The number of allylic oxidation sites excluding steroid dienone is 6. The summed E-state index contributed by atoms with van der Waals surface area (Å²) in [5, 5.41) is 0. The topological polar surface area (TPSA) is 78.9 Å². The summed E-state index contributed by atoms with van der Waals surface area (Å²) in [7, 11) is 0. The van der Waals surface area contributed by atoms with Gasteiger partial charge in [0.2, 0.25) is 0 Å². The molecule has 1 atom stereocenters. The second-order valence-electron chi connectivity index (χ2n) is 18.8. The van der Waals surface area contributed by atoms with E-state index in [2.05, 4.69) is 57.2 Å². The van der Waals surface area contributed by atoms with Gasteiger partial charge in [0.1, 0.15) is 13.2 Å². The first-order chi connectivity index (χ1) is 31.5. The fourth-order valence-corrected chi connectivity index (χ4v) is 8.22. The molecule has 0 amide bonds. The van der Waals surface area contributed by atoms with Crippen molar-refractivity contribution in [2.75, 3.05) is 13.2 Å². The lowest BCUT2D eigenvalue weighted by Gasteiger charge is -2.18. The van der Waals surface area contributed by atoms with Gasteiger partial charge in [-0.05, 0) is 51.4 Å². The molecule has 0 aliphatic heterocycles. The van der Waals surface area contributed by atoms with Crippen LogP contribution in [0.1, 0.15) is 297 Å². The lowest BCUT2D eigenvalue weighted by atomic mass is 10.0. The average Bonchev–Trinajstić information content (AvgIpc) is 3.29. The lowest BCUT2D eigenvalue weighted by Crippen LogP contribution is -2.30. The quantitative estimate of drug-likeness (QED) is 0.0262. The normalized spacial score (nSPS) is 12.2. The third-order valence-electron chi connectivity index (χ3n) is 12.4. The molecule has 0 saturated carbocycles. The molecule has 1 unspecified atom stereocenters. The van der Waals surface area contributed by atoms with E-state index in [0.29, 0.717) is 19.3 Å². The molecule has 0 saturated heterocycles. The Balaban J connectivity index is 4.33. The molecule has 0 aromatic heterocycles. The smallest absolute Gasteiger partial charge is 0.306 e. The summed E-state index contributed by atoms with van der Waals surface area (Å²) in [6.07, 6.45) is 62.8. The van der Waals surface area contributed by atoms with Crippen LogP contribution in [0.15, 0.2) is 36.5 Å². The van der Waals surface area contributed by atoms with Crippen LogP contribution >= 0.6 is 0 Å². The minimum absolute atomic E-state index is 0.0794. The Bertz CT molecular complexity index is 1080. The minimum Gasteiger partial charge on any atom is -0.462 e. The van der Waals surface area contributed by atoms with Crippen molar-refractivity contribution in [3.8, 4) is 0 Å². The number of hydrogen-bond acceptors (Lipinski definition) is 6. The van der Waals surface area contributed by atoms with Crippen molar-refractivity contribution in [3.05, 3.63) is 36.5 Å². The van der Waals surface area contributed by atoms with Crippen molar-refractivity contribution in [2.24, 2.45) is 0 Å². The molecule has 0 spiro atoms. The Kier molecular flexibility index (Phi) is 51.3. The maximum atomic E-state index is 12.8. The Morgan fingerprint density at radius 3 is 0.953 bits per heavy atom. The maximum absolute atomic E-state index is 12.8. The number of hydrogen-bond donors (Lipinski definition) is 0. The van der Waals surface area contributed by atoms with E-state index in [1.54, 1.807) is 0 Å². The highest BCUT2D eigenvalue weighted by Gasteiger charge is 2.19. The molecule has 64 heavy (non-hydrogen) atoms. The van der Waals surface area contributed by atoms with Gasteiger partial charge in [0, 0.05) is 19.3 Å². The largest absolute Gasteiger partial charge is 0.462 e. The predicted molar refractivity (Wildman–Crippen MR) is 275 cm³/mol. The van der Waals surface area contributed by atoms with Gasteiger partial charge >= 0.3 is 17.9 Å². The van der Waals surface area contributed by atoms with Gasteiger partial charge in [0.15, 0.2) is 6.10 Å². The molecule has 0 fully saturated rings. The number of unbranched alkanes of at least 4 members (excludes halogenated alkanes) is 34. The molecule has 374 valence electrons. The Hall–Kier alpha value is -2.37. The van der Waals surface area contributed by atoms with Crippen molar-refractivity contribution in [2.45, 2.75) is 303 Å². The molecule has 0 bridgehead atoms. The zero-order valence-corrected chi connectivity index (χ0v) is 42.8. The van der Waals surface area contributed by atoms with Crippen LogP contribution < -0.4 is 0 Å². The summed E-state index contributed by atoms with van der Waals surface area (Å²) in [6, 6.07) is 0. The number of rotatable bonds is 51. The molecule has 6 nitrogen and oxygen atoms in total. The van der Waals surface area contributed by atoms with Gasteiger partial charge < -0.3 is 14.2 Å². The standard InChI is InChI=1S/C58H106O6/c1-4-7-10-13-16-19-22-25-27-29-31-33-36-39-42-45-48-51-57(60)63-54-55(53-62-56(59)50-47-44-41-38-35-24-21-18-15-12-9-6-3)64-58(61)52-49-46-43-40-37-34-32-30-28-26-23-20-17-14-11-8-5-2/h9,12,18,21,35,38,55H,4-8,10-11,13-17,19-20,22-34,36-37,39-54H2,1-3H3/b12-9-,21-18-,38-35-. The number of ether oxygens (including phenoxy) is 3. The minimum atomic E-state index is -0.782.